The van der Waals surface area contributed by atoms with Gasteiger partial charge in [0.05, 0.1) is 5.92 Å². The van der Waals surface area contributed by atoms with Gasteiger partial charge in [-0.2, -0.15) is 0 Å². The first kappa shape index (κ1) is 13.6. The molecule has 0 aliphatic rings. The number of carboxylic acid groups (broad SMARTS) is 1. The molecule has 0 spiro atoms. The standard InChI is InChI=1S/C13H18FNO2/c1-8(13(16)17)9(2)15-10(3)11-4-6-12(14)7-5-11/h4-10,15H,1-3H3,(H,16,17)/t8?,9?,10-/m1/s1. The number of aliphatic carboxylic acids is 1. The maximum Gasteiger partial charge on any atom is 0.307 e. The van der Waals surface area contributed by atoms with Gasteiger partial charge >= 0.3 is 5.97 Å². The summed E-state index contributed by atoms with van der Waals surface area (Å²) in [5.74, 6) is -1.55. The molecule has 0 fully saturated rings. The highest BCUT2D eigenvalue weighted by molar-refractivity contribution is 5.70. The molecule has 0 saturated carbocycles. The zero-order valence-electron chi connectivity index (χ0n) is 10.3. The Morgan fingerprint density at radius 1 is 1.24 bits per heavy atom. The monoisotopic (exact) mass is 239 g/mol. The quantitative estimate of drug-likeness (QED) is 0.830. The average molecular weight is 239 g/mol. The van der Waals surface area contributed by atoms with Crippen molar-refractivity contribution in [2.75, 3.05) is 0 Å². The molecule has 0 aliphatic carbocycles. The van der Waals surface area contributed by atoms with Crippen molar-refractivity contribution in [3.63, 3.8) is 0 Å². The van der Waals surface area contributed by atoms with Gasteiger partial charge in [-0.3, -0.25) is 4.79 Å². The van der Waals surface area contributed by atoms with E-state index in [1.807, 2.05) is 13.8 Å². The van der Waals surface area contributed by atoms with E-state index in [0.717, 1.165) is 5.56 Å². The van der Waals surface area contributed by atoms with Crippen molar-refractivity contribution in [3.8, 4) is 0 Å². The Morgan fingerprint density at radius 2 is 1.76 bits per heavy atom. The number of hydrogen-bond acceptors (Lipinski definition) is 2. The van der Waals surface area contributed by atoms with Gasteiger partial charge in [-0.15, -0.1) is 0 Å². The van der Waals surface area contributed by atoms with Crippen molar-refractivity contribution in [3.05, 3.63) is 35.6 Å². The molecule has 4 heteroatoms. The smallest absolute Gasteiger partial charge is 0.307 e. The molecule has 0 heterocycles. The fourth-order valence-electron chi connectivity index (χ4n) is 1.60. The van der Waals surface area contributed by atoms with Crippen LogP contribution >= 0.6 is 0 Å². The van der Waals surface area contributed by atoms with Crippen LogP contribution in [0.1, 0.15) is 32.4 Å². The lowest BCUT2D eigenvalue weighted by atomic mass is 10.0. The molecule has 1 rings (SSSR count). The first-order chi connectivity index (χ1) is 7.91. The Bertz CT molecular complexity index is 378. The third-order valence-electron chi connectivity index (χ3n) is 3.02. The van der Waals surface area contributed by atoms with E-state index in [1.54, 1.807) is 19.1 Å². The number of halogens is 1. The first-order valence-electron chi connectivity index (χ1n) is 5.66. The summed E-state index contributed by atoms with van der Waals surface area (Å²) >= 11 is 0. The second-order valence-electron chi connectivity index (χ2n) is 4.36. The summed E-state index contributed by atoms with van der Waals surface area (Å²) in [6.45, 7) is 5.43. The molecular weight excluding hydrogens is 221 g/mol. The molecule has 0 amide bonds. The Kier molecular flexibility index (Phi) is 4.63. The van der Waals surface area contributed by atoms with Crippen molar-refractivity contribution in [1.29, 1.82) is 0 Å². The third-order valence-corrected chi connectivity index (χ3v) is 3.02. The van der Waals surface area contributed by atoms with Crippen molar-refractivity contribution in [2.24, 2.45) is 5.92 Å². The highest BCUT2D eigenvalue weighted by Crippen LogP contribution is 2.15. The minimum absolute atomic E-state index is 0.00704. The number of carboxylic acids is 1. The summed E-state index contributed by atoms with van der Waals surface area (Å²) in [6.07, 6.45) is 0. The SMILES string of the molecule is CC(N[C@H](C)c1ccc(F)cc1)C(C)C(=O)O. The summed E-state index contributed by atoms with van der Waals surface area (Å²) < 4.78 is 12.7. The molecule has 3 atom stereocenters. The van der Waals surface area contributed by atoms with E-state index in [4.69, 9.17) is 5.11 Å². The topological polar surface area (TPSA) is 49.3 Å². The molecule has 17 heavy (non-hydrogen) atoms. The van der Waals surface area contributed by atoms with Gasteiger partial charge in [-0.1, -0.05) is 19.1 Å². The van der Waals surface area contributed by atoms with Gasteiger partial charge in [0.2, 0.25) is 0 Å². The van der Waals surface area contributed by atoms with Crippen LogP contribution in [0.3, 0.4) is 0 Å². The van der Waals surface area contributed by atoms with Crippen LogP contribution in [-0.4, -0.2) is 17.1 Å². The molecule has 1 aromatic rings. The third kappa shape index (κ3) is 3.82. The Morgan fingerprint density at radius 3 is 2.24 bits per heavy atom. The average Bonchev–Trinajstić information content (AvgIpc) is 2.28. The summed E-state index contributed by atoms with van der Waals surface area (Å²) in [6, 6.07) is 6.05. The van der Waals surface area contributed by atoms with Gasteiger partial charge in [0.1, 0.15) is 5.82 Å². The van der Waals surface area contributed by atoms with Gasteiger partial charge in [0.25, 0.3) is 0 Å². The highest BCUT2D eigenvalue weighted by atomic mass is 19.1. The zero-order valence-corrected chi connectivity index (χ0v) is 10.3. The van der Waals surface area contributed by atoms with E-state index < -0.39 is 11.9 Å². The lowest BCUT2D eigenvalue weighted by Gasteiger charge is -2.23. The number of carbonyl (C=O) groups is 1. The molecule has 0 aromatic heterocycles. The van der Waals surface area contributed by atoms with Crippen LogP contribution in [0.5, 0.6) is 0 Å². The van der Waals surface area contributed by atoms with E-state index in [2.05, 4.69) is 5.32 Å². The summed E-state index contributed by atoms with van der Waals surface area (Å²) in [5.41, 5.74) is 0.941. The predicted molar refractivity (Wildman–Crippen MR) is 64.2 cm³/mol. The molecule has 94 valence electrons. The first-order valence-corrected chi connectivity index (χ1v) is 5.66. The molecule has 3 nitrogen and oxygen atoms in total. The van der Waals surface area contributed by atoms with E-state index in [1.165, 1.54) is 12.1 Å². The maximum absolute atomic E-state index is 12.7. The fraction of sp³-hybridized carbons (Fsp3) is 0.462. The van der Waals surface area contributed by atoms with Crippen molar-refractivity contribution < 1.29 is 14.3 Å². The van der Waals surface area contributed by atoms with Gasteiger partial charge < -0.3 is 10.4 Å². The van der Waals surface area contributed by atoms with Crippen LogP contribution < -0.4 is 5.32 Å². The summed E-state index contributed by atoms with van der Waals surface area (Å²) in [5, 5.41) is 12.1. The van der Waals surface area contributed by atoms with Crippen molar-refractivity contribution >= 4 is 5.97 Å². The minimum Gasteiger partial charge on any atom is -0.481 e. The molecular formula is C13H18FNO2. The lowest BCUT2D eigenvalue weighted by Crippen LogP contribution is -2.37. The fourth-order valence-corrected chi connectivity index (χ4v) is 1.60. The van der Waals surface area contributed by atoms with Crippen molar-refractivity contribution in [1.82, 2.24) is 5.32 Å². The van der Waals surface area contributed by atoms with E-state index in [0.29, 0.717) is 0 Å². The Hall–Kier alpha value is -1.42. The van der Waals surface area contributed by atoms with Gasteiger partial charge in [0, 0.05) is 12.1 Å². The van der Waals surface area contributed by atoms with Gasteiger partial charge in [-0.25, -0.2) is 4.39 Å². The molecule has 0 saturated heterocycles. The predicted octanol–water partition coefficient (Wildman–Crippen LogP) is 2.59. The van der Waals surface area contributed by atoms with Gasteiger partial charge in [0.15, 0.2) is 0 Å². The van der Waals surface area contributed by atoms with E-state index >= 15 is 0 Å². The van der Waals surface area contributed by atoms with Crippen LogP contribution in [0.25, 0.3) is 0 Å². The zero-order chi connectivity index (χ0) is 13.0. The van der Waals surface area contributed by atoms with Crippen LogP contribution in [0, 0.1) is 11.7 Å². The summed E-state index contributed by atoms with van der Waals surface area (Å²) in [4.78, 5) is 10.8. The molecule has 2 unspecified atom stereocenters. The van der Waals surface area contributed by atoms with E-state index in [-0.39, 0.29) is 17.9 Å². The number of benzene rings is 1. The Labute approximate surface area is 101 Å². The molecule has 0 radical (unpaired) electrons. The second-order valence-corrected chi connectivity index (χ2v) is 4.36. The van der Waals surface area contributed by atoms with E-state index in [9.17, 15) is 9.18 Å². The number of rotatable bonds is 5. The van der Waals surface area contributed by atoms with Gasteiger partial charge in [-0.05, 0) is 31.5 Å². The highest BCUT2D eigenvalue weighted by Gasteiger charge is 2.20. The van der Waals surface area contributed by atoms with Crippen LogP contribution in [0.2, 0.25) is 0 Å². The van der Waals surface area contributed by atoms with Crippen LogP contribution in [-0.2, 0) is 4.79 Å². The Balaban J connectivity index is 2.63. The number of hydrogen-bond donors (Lipinski definition) is 2. The molecule has 0 aliphatic heterocycles. The summed E-state index contributed by atoms with van der Waals surface area (Å²) in [7, 11) is 0. The minimum atomic E-state index is -0.823. The molecule has 2 N–H and O–H groups in total. The normalized spacial score (nSPS) is 16.2. The van der Waals surface area contributed by atoms with Crippen LogP contribution in [0.4, 0.5) is 4.39 Å². The second kappa shape index (κ2) is 5.77. The number of nitrogens with one attached hydrogen (secondary N) is 1. The maximum atomic E-state index is 12.7. The molecule has 1 aromatic carbocycles. The van der Waals surface area contributed by atoms with Crippen LogP contribution in [0.15, 0.2) is 24.3 Å². The largest absolute Gasteiger partial charge is 0.481 e. The lowest BCUT2D eigenvalue weighted by molar-refractivity contribution is -0.142. The van der Waals surface area contributed by atoms with Crippen molar-refractivity contribution in [2.45, 2.75) is 32.9 Å². The molecule has 0 bridgehead atoms.